The van der Waals surface area contributed by atoms with Gasteiger partial charge in [-0.2, -0.15) is 0 Å². The average Bonchev–Trinajstić information content (AvgIpc) is 3.66. The lowest BCUT2D eigenvalue weighted by molar-refractivity contribution is -0.153. The van der Waals surface area contributed by atoms with E-state index in [1.165, 1.54) is 36.1 Å². The van der Waals surface area contributed by atoms with Crippen LogP contribution in [0, 0.1) is 0 Å². The number of ether oxygens (including phenoxy) is 3. The van der Waals surface area contributed by atoms with E-state index in [1.54, 1.807) is 30.3 Å². The standard InChI is InChI=1S/C55H52ClN3O7/c56-53(61)36-18-24-40-45(31-36)58-26-28-64-48-13-7-5-11-43(48)52(58)50(40)35-16-22-39(23-17-35)66-55(63)44(30-33-14-20-38(60)21-15-33)57-54(62)37-19-25-41-46(32-37)59-27-29-65-47-12-6-4-10-42(47)51(59)49(41)34-8-2-1-3-9-34/h4-7,10-15,18-21,24-25,31-32,34-35,39,44,60H,1-3,8-9,16-17,22-23,26-30H2,(H,57,62)/t35?,39?,44-/m0/s1. The molecule has 2 aliphatic heterocycles. The molecule has 5 aromatic carbocycles. The number of amides is 1. The largest absolute Gasteiger partial charge is 0.508 e. The van der Waals surface area contributed by atoms with E-state index in [9.17, 15) is 19.5 Å². The molecule has 0 radical (unpaired) electrons. The van der Waals surface area contributed by atoms with Gasteiger partial charge < -0.3 is 33.8 Å². The van der Waals surface area contributed by atoms with Gasteiger partial charge in [-0.25, -0.2) is 4.79 Å². The Morgan fingerprint density at radius 3 is 1.80 bits per heavy atom. The van der Waals surface area contributed by atoms with Crippen LogP contribution in [0.1, 0.15) is 107 Å². The van der Waals surface area contributed by atoms with E-state index in [4.69, 9.17) is 25.8 Å². The molecule has 11 rings (SSSR count). The third-order valence-corrected chi connectivity index (χ3v) is 14.7. The average molecular weight is 902 g/mol. The molecule has 0 spiro atoms. The highest BCUT2D eigenvalue weighted by molar-refractivity contribution is 6.67. The van der Waals surface area contributed by atoms with Crippen LogP contribution in [0.2, 0.25) is 0 Å². The molecule has 66 heavy (non-hydrogen) atoms. The summed E-state index contributed by atoms with van der Waals surface area (Å²) >= 11 is 5.98. The first-order valence-electron chi connectivity index (χ1n) is 23.5. The molecule has 1 amide bonds. The molecule has 11 heteroatoms. The summed E-state index contributed by atoms with van der Waals surface area (Å²) in [7, 11) is 0. The fourth-order valence-electron chi connectivity index (χ4n) is 11.4. The fraction of sp³-hybridized carbons (Fsp3) is 0.327. The number of esters is 1. The van der Waals surface area contributed by atoms with Crippen molar-refractivity contribution in [3.05, 3.63) is 137 Å². The van der Waals surface area contributed by atoms with E-state index in [0.29, 0.717) is 56.2 Å². The molecule has 2 fully saturated rings. The summed E-state index contributed by atoms with van der Waals surface area (Å²) in [5, 5.41) is 14.9. The summed E-state index contributed by atoms with van der Waals surface area (Å²) in [6, 6.07) is 33.8. The number of fused-ring (bicyclic) bond motifs is 10. The van der Waals surface area contributed by atoms with Crippen molar-refractivity contribution in [3.63, 3.8) is 0 Å². The molecule has 0 bridgehead atoms. The summed E-state index contributed by atoms with van der Waals surface area (Å²) in [6.07, 6.45) is 8.62. The Labute approximate surface area is 388 Å². The third kappa shape index (κ3) is 7.78. The van der Waals surface area contributed by atoms with Gasteiger partial charge in [-0.05, 0) is 139 Å². The second kappa shape index (κ2) is 17.7. The highest BCUT2D eigenvalue weighted by Gasteiger charge is 2.35. The molecular weight excluding hydrogens is 850 g/mol. The van der Waals surface area contributed by atoms with Crippen LogP contribution in [-0.4, -0.2) is 56.7 Å². The molecule has 10 nitrogen and oxygen atoms in total. The number of rotatable bonds is 9. The number of phenolic OH excluding ortho intramolecular Hbond substituents is 1. The summed E-state index contributed by atoms with van der Waals surface area (Å²) in [6.45, 7) is 2.28. The number of halogens is 1. The predicted molar refractivity (Wildman–Crippen MR) is 256 cm³/mol. The Kier molecular flexibility index (Phi) is 11.3. The first kappa shape index (κ1) is 42.1. The zero-order valence-electron chi connectivity index (χ0n) is 36.8. The number of para-hydroxylation sites is 2. The first-order valence-corrected chi connectivity index (χ1v) is 23.9. The number of benzene rings is 5. The van der Waals surface area contributed by atoms with E-state index >= 15 is 0 Å². The highest BCUT2D eigenvalue weighted by Crippen LogP contribution is 2.49. The van der Waals surface area contributed by atoms with Gasteiger partial charge in [0.05, 0.1) is 24.5 Å². The zero-order chi connectivity index (χ0) is 44.9. The third-order valence-electron chi connectivity index (χ3n) is 14.5. The minimum atomic E-state index is -0.973. The summed E-state index contributed by atoms with van der Waals surface area (Å²) < 4.78 is 23.4. The minimum Gasteiger partial charge on any atom is -0.508 e. The van der Waals surface area contributed by atoms with Crippen molar-refractivity contribution in [1.29, 1.82) is 0 Å². The summed E-state index contributed by atoms with van der Waals surface area (Å²) in [4.78, 5) is 41.1. The van der Waals surface area contributed by atoms with Crippen molar-refractivity contribution in [2.45, 2.75) is 101 Å². The van der Waals surface area contributed by atoms with Crippen molar-refractivity contribution in [3.8, 4) is 39.8 Å². The molecule has 4 aliphatic rings. The van der Waals surface area contributed by atoms with Gasteiger partial charge in [0, 0.05) is 50.5 Å². The van der Waals surface area contributed by atoms with Gasteiger partial charge >= 0.3 is 5.97 Å². The molecule has 7 aromatic rings. The van der Waals surface area contributed by atoms with Crippen LogP contribution < -0.4 is 14.8 Å². The molecule has 2 saturated carbocycles. The normalized spacial score (nSPS) is 18.6. The lowest BCUT2D eigenvalue weighted by Crippen LogP contribution is -2.44. The van der Waals surface area contributed by atoms with Gasteiger partial charge in [-0.1, -0.05) is 67.8 Å². The molecule has 336 valence electrons. The Morgan fingerprint density at radius 2 is 1.21 bits per heavy atom. The van der Waals surface area contributed by atoms with Crippen molar-refractivity contribution in [2.24, 2.45) is 0 Å². The smallest absolute Gasteiger partial charge is 0.329 e. The number of hydrogen-bond acceptors (Lipinski definition) is 7. The number of hydrogen-bond donors (Lipinski definition) is 2. The molecule has 1 atom stereocenters. The zero-order valence-corrected chi connectivity index (χ0v) is 37.5. The number of carbonyl (C=O) groups is 3. The van der Waals surface area contributed by atoms with E-state index in [2.05, 4.69) is 38.7 Å². The summed E-state index contributed by atoms with van der Waals surface area (Å²) in [5.74, 6) is 1.56. The van der Waals surface area contributed by atoms with Gasteiger partial charge in [0.2, 0.25) is 0 Å². The molecule has 2 aromatic heterocycles. The van der Waals surface area contributed by atoms with E-state index < -0.39 is 17.3 Å². The predicted octanol–water partition coefficient (Wildman–Crippen LogP) is 11.5. The van der Waals surface area contributed by atoms with E-state index in [0.717, 1.165) is 81.4 Å². The topological polar surface area (TPSA) is 121 Å². The Balaban J connectivity index is 0.864. The van der Waals surface area contributed by atoms with Crippen LogP contribution in [0.5, 0.6) is 17.2 Å². The van der Waals surface area contributed by atoms with Gasteiger partial charge in [0.25, 0.3) is 11.1 Å². The van der Waals surface area contributed by atoms with Crippen LogP contribution in [0.4, 0.5) is 0 Å². The van der Waals surface area contributed by atoms with Gasteiger partial charge in [-0.15, -0.1) is 0 Å². The lowest BCUT2D eigenvalue weighted by Gasteiger charge is -2.30. The maximum absolute atomic E-state index is 14.4. The Bertz CT molecular complexity index is 3010. The number of phenols is 1. The minimum absolute atomic E-state index is 0.121. The quantitative estimate of drug-likeness (QED) is 0.109. The molecule has 2 aliphatic carbocycles. The van der Waals surface area contributed by atoms with Gasteiger partial charge in [-0.3, -0.25) is 9.59 Å². The Morgan fingerprint density at radius 1 is 0.667 bits per heavy atom. The fourth-order valence-corrected chi connectivity index (χ4v) is 11.5. The molecule has 0 unspecified atom stereocenters. The van der Waals surface area contributed by atoms with Crippen LogP contribution in [0.15, 0.2) is 109 Å². The van der Waals surface area contributed by atoms with Crippen molar-refractivity contribution in [1.82, 2.24) is 14.5 Å². The van der Waals surface area contributed by atoms with Crippen LogP contribution in [-0.2, 0) is 29.0 Å². The van der Waals surface area contributed by atoms with Crippen LogP contribution in [0.25, 0.3) is 44.3 Å². The number of carbonyl (C=O) groups excluding carboxylic acids is 3. The molecule has 4 heterocycles. The SMILES string of the molecule is O=C(Cl)c1ccc2c(C3CCC(OC(=O)[C@H](Cc4ccc(O)cc4)NC(=O)c4ccc5c(C6CCCCC6)c6n(c5c4)CCOc4ccccc4-6)CC3)c3n(c2c1)CCOc1ccccc1-3. The maximum atomic E-state index is 14.4. The maximum Gasteiger partial charge on any atom is 0.329 e. The van der Waals surface area contributed by atoms with E-state index in [-0.39, 0.29) is 30.1 Å². The lowest BCUT2D eigenvalue weighted by atomic mass is 9.80. The Hall–Kier alpha value is -6.52. The van der Waals surface area contributed by atoms with Crippen molar-refractivity contribution >= 4 is 50.5 Å². The number of nitrogens with zero attached hydrogens (tertiary/aromatic N) is 2. The molecule has 2 N–H and O–H groups in total. The molecular formula is C55H52ClN3O7. The second-order valence-electron chi connectivity index (χ2n) is 18.4. The van der Waals surface area contributed by atoms with Gasteiger partial charge in [0.1, 0.15) is 42.6 Å². The molecule has 0 saturated heterocycles. The van der Waals surface area contributed by atoms with Crippen molar-refractivity contribution in [2.75, 3.05) is 13.2 Å². The first-order chi connectivity index (χ1) is 32.3. The van der Waals surface area contributed by atoms with Crippen molar-refractivity contribution < 1.29 is 33.7 Å². The number of nitrogens with one attached hydrogen (secondary N) is 1. The van der Waals surface area contributed by atoms with Crippen LogP contribution >= 0.6 is 11.6 Å². The van der Waals surface area contributed by atoms with Gasteiger partial charge in [0.15, 0.2) is 0 Å². The van der Waals surface area contributed by atoms with Crippen LogP contribution in [0.3, 0.4) is 0 Å². The number of aromatic nitrogens is 2. The highest BCUT2D eigenvalue weighted by atomic mass is 35.5. The second-order valence-corrected chi connectivity index (χ2v) is 18.7. The van der Waals surface area contributed by atoms with E-state index in [1.807, 2.05) is 54.6 Å². The summed E-state index contributed by atoms with van der Waals surface area (Å²) in [5.41, 5.74) is 10.6. The monoisotopic (exact) mass is 901 g/mol. The number of aromatic hydroxyl groups is 1.